The summed E-state index contributed by atoms with van der Waals surface area (Å²) in [6, 6.07) is 7.17. The van der Waals surface area contributed by atoms with Gasteiger partial charge in [0.15, 0.2) is 12.4 Å². The van der Waals surface area contributed by atoms with Crippen LogP contribution in [0.25, 0.3) is 5.69 Å². The molecule has 5 heteroatoms. The van der Waals surface area contributed by atoms with Crippen molar-refractivity contribution in [2.24, 2.45) is 0 Å². The van der Waals surface area contributed by atoms with Crippen LogP contribution in [0.2, 0.25) is 0 Å². The van der Waals surface area contributed by atoms with E-state index in [2.05, 4.69) is 11.1 Å². The van der Waals surface area contributed by atoms with Gasteiger partial charge in [0, 0.05) is 17.8 Å². The normalized spacial score (nSPS) is 9.72. The first-order chi connectivity index (χ1) is 8.70. The van der Waals surface area contributed by atoms with Gasteiger partial charge >= 0.3 is 5.97 Å². The van der Waals surface area contributed by atoms with Crippen molar-refractivity contribution < 1.29 is 14.5 Å². The zero-order valence-corrected chi connectivity index (χ0v) is 9.45. The van der Waals surface area contributed by atoms with Crippen molar-refractivity contribution in [2.45, 2.75) is 6.42 Å². The van der Waals surface area contributed by atoms with Gasteiger partial charge in [-0.2, -0.15) is 9.83 Å². The van der Waals surface area contributed by atoms with Gasteiger partial charge in [-0.15, -0.1) is 0 Å². The third-order valence-corrected chi connectivity index (χ3v) is 2.42. The maximum absolute atomic E-state index is 10.7. The monoisotopic (exact) mass is 240 g/mol. The number of carboxylic acids is 1. The van der Waals surface area contributed by atoms with Gasteiger partial charge in [0.25, 0.3) is 0 Å². The van der Waals surface area contributed by atoms with Crippen LogP contribution in [0.15, 0.2) is 43.0 Å². The summed E-state index contributed by atoms with van der Waals surface area (Å²) in [6.45, 7) is 0. The summed E-state index contributed by atoms with van der Waals surface area (Å²) in [5.74, 6) is -0.889. The Bertz CT molecular complexity index is 632. The average molecular weight is 240 g/mol. The molecular formula is C13H10N3O2+. The van der Waals surface area contributed by atoms with E-state index in [0.29, 0.717) is 16.8 Å². The lowest BCUT2D eigenvalue weighted by molar-refractivity contribution is -0.596. The highest BCUT2D eigenvalue weighted by atomic mass is 16.4. The summed E-state index contributed by atoms with van der Waals surface area (Å²) < 4.78 is 1.70. The smallest absolute Gasteiger partial charge is 0.308 e. The van der Waals surface area contributed by atoms with Crippen molar-refractivity contribution in [1.29, 1.82) is 5.26 Å². The number of hydrogen-bond donors (Lipinski definition) is 1. The fraction of sp³-hybridized carbons (Fsp3) is 0.0769. The van der Waals surface area contributed by atoms with Crippen LogP contribution in [-0.2, 0) is 11.2 Å². The molecule has 5 nitrogen and oxygen atoms in total. The number of nitriles is 1. The maximum atomic E-state index is 10.7. The first kappa shape index (κ1) is 11.7. The molecule has 2 aromatic rings. The Morgan fingerprint density at radius 2 is 2.33 bits per heavy atom. The zero-order chi connectivity index (χ0) is 13.0. The van der Waals surface area contributed by atoms with Gasteiger partial charge < -0.3 is 5.11 Å². The van der Waals surface area contributed by atoms with Crippen LogP contribution in [0, 0.1) is 11.3 Å². The molecule has 1 N–H and O–H groups in total. The first-order valence-electron chi connectivity index (χ1n) is 5.27. The van der Waals surface area contributed by atoms with Crippen LogP contribution in [-0.4, -0.2) is 16.1 Å². The molecule has 0 saturated carbocycles. The van der Waals surface area contributed by atoms with Crippen molar-refractivity contribution in [1.82, 2.24) is 4.98 Å². The molecule has 0 atom stereocenters. The molecule has 0 spiro atoms. The lowest BCUT2D eigenvalue weighted by Crippen LogP contribution is -2.31. The average Bonchev–Trinajstić information content (AvgIpc) is 2.38. The van der Waals surface area contributed by atoms with Crippen molar-refractivity contribution in [3.63, 3.8) is 0 Å². The summed E-state index contributed by atoms with van der Waals surface area (Å²) in [7, 11) is 0. The van der Waals surface area contributed by atoms with E-state index in [4.69, 9.17) is 10.4 Å². The number of rotatable bonds is 3. The van der Waals surface area contributed by atoms with E-state index >= 15 is 0 Å². The van der Waals surface area contributed by atoms with Crippen molar-refractivity contribution in [2.75, 3.05) is 0 Å². The molecule has 0 aliphatic carbocycles. The summed E-state index contributed by atoms with van der Waals surface area (Å²) in [5, 5.41) is 17.8. The Hall–Kier alpha value is -2.74. The summed E-state index contributed by atoms with van der Waals surface area (Å²) >= 11 is 0. The fourth-order valence-corrected chi connectivity index (χ4v) is 1.64. The van der Waals surface area contributed by atoms with Crippen LogP contribution < -0.4 is 4.57 Å². The van der Waals surface area contributed by atoms with E-state index < -0.39 is 5.97 Å². The van der Waals surface area contributed by atoms with Crippen LogP contribution in [0.1, 0.15) is 11.1 Å². The minimum absolute atomic E-state index is 0.0526. The molecule has 88 valence electrons. The Balaban J connectivity index is 2.45. The maximum Gasteiger partial charge on any atom is 0.308 e. The third-order valence-electron chi connectivity index (χ3n) is 2.42. The van der Waals surface area contributed by atoms with Crippen molar-refractivity contribution >= 4 is 5.97 Å². The molecule has 0 unspecified atom stereocenters. The van der Waals surface area contributed by atoms with Crippen LogP contribution >= 0.6 is 0 Å². The van der Waals surface area contributed by atoms with Gasteiger partial charge in [-0.3, -0.25) is 9.78 Å². The molecule has 2 rings (SSSR count). The number of aliphatic carboxylic acids is 1. The lowest BCUT2D eigenvalue weighted by atomic mass is 10.2. The fourth-order valence-electron chi connectivity index (χ4n) is 1.64. The predicted octanol–water partition coefficient (Wildman–Crippen LogP) is 0.857. The molecule has 0 bridgehead atoms. The Labute approximate surface area is 104 Å². The van der Waals surface area contributed by atoms with Crippen molar-refractivity contribution in [3.05, 3.63) is 54.1 Å². The highest BCUT2D eigenvalue weighted by Gasteiger charge is 2.13. The van der Waals surface area contributed by atoms with Crippen molar-refractivity contribution in [3.8, 4) is 11.8 Å². The van der Waals surface area contributed by atoms with E-state index in [9.17, 15) is 4.79 Å². The van der Waals surface area contributed by atoms with Crippen LogP contribution in [0.4, 0.5) is 0 Å². The van der Waals surface area contributed by atoms with Crippen LogP contribution in [0.5, 0.6) is 0 Å². The minimum Gasteiger partial charge on any atom is -0.481 e. The second kappa shape index (κ2) is 5.06. The Morgan fingerprint density at radius 1 is 1.50 bits per heavy atom. The molecule has 0 saturated heterocycles. The molecule has 0 radical (unpaired) electrons. The zero-order valence-electron chi connectivity index (χ0n) is 9.45. The van der Waals surface area contributed by atoms with Gasteiger partial charge in [-0.1, -0.05) is 0 Å². The molecule has 18 heavy (non-hydrogen) atoms. The largest absolute Gasteiger partial charge is 0.481 e. The Morgan fingerprint density at radius 3 is 3.06 bits per heavy atom. The molecule has 0 aliphatic rings. The minimum atomic E-state index is -0.889. The van der Waals surface area contributed by atoms with E-state index in [-0.39, 0.29) is 6.42 Å². The SMILES string of the molecule is N#Cc1ccncc1-[n+]1cccc(CC(=O)O)c1. The summed E-state index contributed by atoms with van der Waals surface area (Å²) in [4.78, 5) is 14.6. The number of carboxylic acid groups (broad SMARTS) is 1. The van der Waals surface area contributed by atoms with Gasteiger partial charge in [-0.25, -0.2) is 0 Å². The Kier molecular flexibility index (Phi) is 3.30. The summed E-state index contributed by atoms with van der Waals surface area (Å²) in [6.07, 6.45) is 6.50. The number of nitrogens with zero attached hydrogens (tertiary/aromatic N) is 3. The predicted molar refractivity (Wildman–Crippen MR) is 61.8 cm³/mol. The molecule has 2 aromatic heterocycles. The van der Waals surface area contributed by atoms with E-state index in [0.717, 1.165) is 0 Å². The third kappa shape index (κ3) is 2.50. The van der Waals surface area contributed by atoms with Gasteiger partial charge in [0.1, 0.15) is 17.8 Å². The number of hydrogen-bond acceptors (Lipinski definition) is 3. The van der Waals surface area contributed by atoms with Crippen LogP contribution in [0.3, 0.4) is 0 Å². The standard InChI is InChI=1S/C13H9N3O2/c14-7-11-3-4-15-8-12(11)16-5-1-2-10(9-16)6-13(17)18/h1-5,8-9H,6H2/p+1. The number of carbonyl (C=O) groups is 1. The molecule has 2 heterocycles. The van der Waals surface area contributed by atoms with Gasteiger partial charge in [0.05, 0.1) is 6.42 Å². The van der Waals surface area contributed by atoms with E-state index in [1.54, 1.807) is 47.6 Å². The molecule has 0 aliphatic heterocycles. The highest BCUT2D eigenvalue weighted by Crippen LogP contribution is 2.06. The second-order valence-electron chi connectivity index (χ2n) is 3.69. The lowest BCUT2D eigenvalue weighted by Gasteiger charge is -1.99. The molecule has 0 aromatic carbocycles. The molecule has 0 amide bonds. The van der Waals surface area contributed by atoms with E-state index in [1.807, 2.05) is 0 Å². The molecular weight excluding hydrogens is 230 g/mol. The number of aromatic nitrogens is 2. The topological polar surface area (TPSA) is 77.9 Å². The van der Waals surface area contributed by atoms with Gasteiger partial charge in [0.2, 0.25) is 5.69 Å². The van der Waals surface area contributed by atoms with E-state index in [1.165, 1.54) is 0 Å². The molecule has 0 fully saturated rings. The quantitative estimate of drug-likeness (QED) is 0.807. The number of pyridine rings is 2. The van der Waals surface area contributed by atoms with Gasteiger partial charge in [-0.05, 0) is 12.1 Å². The highest BCUT2D eigenvalue weighted by molar-refractivity contribution is 5.69. The summed E-state index contributed by atoms with van der Waals surface area (Å²) in [5.41, 5.74) is 1.78. The first-order valence-corrected chi connectivity index (χ1v) is 5.27. The second-order valence-corrected chi connectivity index (χ2v) is 3.69.